The van der Waals surface area contributed by atoms with Crippen LogP contribution in [0, 0.1) is 11.6 Å². The van der Waals surface area contributed by atoms with Gasteiger partial charge >= 0.3 is 6.03 Å². The van der Waals surface area contributed by atoms with Crippen molar-refractivity contribution in [1.29, 1.82) is 0 Å². The van der Waals surface area contributed by atoms with Gasteiger partial charge in [-0.1, -0.05) is 48.5 Å². The van der Waals surface area contributed by atoms with Crippen LogP contribution in [0.5, 0.6) is 5.75 Å². The summed E-state index contributed by atoms with van der Waals surface area (Å²) in [6.45, 7) is 3.06. The topological polar surface area (TPSA) is 86.7 Å². The Balaban J connectivity index is 1.41. The van der Waals surface area contributed by atoms with E-state index < -0.39 is 29.6 Å². The van der Waals surface area contributed by atoms with Crippen molar-refractivity contribution in [3.63, 3.8) is 0 Å². The minimum Gasteiger partial charge on any atom is -0.495 e. The Labute approximate surface area is 243 Å². The number of carbonyl (C=O) groups excluding carboxylic acids is 2. The highest BCUT2D eigenvalue weighted by Crippen LogP contribution is 2.35. The van der Waals surface area contributed by atoms with E-state index in [9.17, 15) is 18.4 Å². The summed E-state index contributed by atoms with van der Waals surface area (Å²) in [6, 6.07) is 18.0. The number of morpholine rings is 1. The number of urea groups is 1. The molecule has 1 N–H and O–H groups in total. The van der Waals surface area contributed by atoms with Crippen LogP contribution >= 0.6 is 0 Å². The third-order valence-corrected chi connectivity index (χ3v) is 7.37. The number of nitrogens with one attached hydrogen (secondary N) is 1. The zero-order valence-electron chi connectivity index (χ0n) is 23.3. The minimum atomic E-state index is -0.799. The molecule has 0 radical (unpaired) electrons. The van der Waals surface area contributed by atoms with Crippen LogP contribution in [0.1, 0.15) is 23.6 Å². The van der Waals surface area contributed by atoms with Gasteiger partial charge < -0.3 is 19.7 Å². The van der Waals surface area contributed by atoms with Crippen molar-refractivity contribution in [3.05, 3.63) is 95.6 Å². The number of amides is 3. The molecule has 1 atom stereocenters. The van der Waals surface area contributed by atoms with Gasteiger partial charge in [0.25, 0.3) is 5.91 Å². The number of anilines is 1. The molecule has 220 valence electrons. The van der Waals surface area contributed by atoms with Crippen LogP contribution in [0.15, 0.2) is 77.9 Å². The number of benzene rings is 3. The number of carbonyl (C=O) groups is 2. The molecule has 0 aromatic heterocycles. The van der Waals surface area contributed by atoms with Crippen molar-refractivity contribution in [2.45, 2.75) is 12.5 Å². The first-order chi connectivity index (χ1) is 20.4. The summed E-state index contributed by atoms with van der Waals surface area (Å²) in [5.74, 6) is -1.03. The predicted octanol–water partition coefficient (Wildman–Crippen LogP) is 4.52. The van der Waals surface area contributed by atoms with E-state index in [1.54, 1.807) is 60.7 Å². The van der Waals surface area contributed by atoms with Crippen LogP contribution in [0.2, 0.25) is 0 Å². The molecule has 2 aliphatic heterocycles. The van der Waals surface area contributed by atoms with E-state index in [1.165, 1.54) is 29.2 Å². The van der Waals surface area contributed by atoms with Gasteiger partial charge in [-0.25, -0.2) is 18.6 Å². The van der Waals surface area contributed by atoms with Gasteiger partial charge in [-0.3, -0.25) is 9.69 Å². The summed E-state index contributed by atoms with van der Waals surface area (Å²) in [5, 5.41) is 8.50. The quantitative estimate of drug-likeness (QED) is 0.404. The van der Waals surface area contributed by atoms with E-state index in [0.717, 1.165) is 0 Å². The Bertz CT molecular complexity index is 1450. The van der Waals surface area contributed by atoms with Crippen molar-refractivity contribution < 1.29 is 27.8 Å². The van der Waals surface area contributed by atoms with Gasteiger partial charge in [-0.2, -0.15) is 5.10 Å². The lowest BCUT2D eigenvalue weighted by atomic mass is 9.97. The third-order valence-electron chi connectivity index (χ3n) is 7.37. The maximum absolute atomic E-state index is 15.0. The number of para-hydroxylation sites is 2. The van der Waals surface area contributed by atoms with Gasteiger partial charge in [-0.15, -0.1) is 0 Å². The third kappa shape index (κ3) is 6.75. The van der Waals surface area contributed by atoms with Gasteiger partial charge in [0.1, 0.15) is 23.9 Å². The molecule has 2 heterocycles. The number of hydrazone groups is 1. The normalized spacial score (nSPS) is 17.1. The van der Waals surface area contributed by atoms with Crippen LogP contribution in [-0.2, 0) is 9.53 Å². The molecule has 0 aliphatic carbocycles. The maximum Gasteiger partial charge on any atom is 0.322 e. The van der Waals surface area contributed by atoms with Gasteiger partial charge in [-0.05, 0) is 24.3 Å². The first kappa shape index (κ1) is 29.2. The van der Waals surface area contributed by atoms with E-state index in [1.807, 2.05) is 0 Å². The highest BCUT2D eigenvalue weighted by Gasteiger charge is 2.36. The van der Waals surface area contributed by atoms with Gasteiger partial charge in [0.05, 0.1) is 37.8 Å². The molecule has 9 nitrogen and oxygen atoms in total. The molecule has 3 aromatic rings. The van der Waals surface area contributed by atoms with Crippen molar-refractivity contribution in [3.8, 4) is 5.75 Å². The molecule has 2 aliphatic rings. The molecule has 1 saturated heterocycles. The van der Waals surface area contributed by atoms with E-state index in [2.05, 4.69) is 15.3 Å². The van der Waals surface area contributed by atoms with Crippen molar-refractivity contribution in [1.82, 2.24) is 14.8 Å². The number of hydrogen-bond acceptors (Lipinski definition) is 6. The van der Waals surface area contributed by atoms with E-state index in [0.29, 0.717) is 50.0 Å². The highest BCUT2D eigenvalue weighted by molar-refractivity contribution is 6.03. The van der Waals surface area contributed by atoms with Crippen LogP contribution in [0.4, 0.5) is 19.3 Å². The molecule has 3 aromatic carbocycles. The van der Waals surface area contributed by atoms with Crippen LogP contribution in [0.3, 0.4) is 0 Å². The molecule has 42 heavy (non-hydrogen) atoms. The summed E-state index contributed by atoms with van der Waals surface area (Å²) < 4.78 is 40.4. The summed E-state index contributed by atoms with van der Waals surface area (Å²) >= 11 is 0. The fourth-order valence-corrected chi connectivity index (χ4v) is 5.10. The molecule has 0 bridgehead atoms. The Kier molecular flexibility index (Phi) is 9.40. The molecular formula is C31H33F2N5O4. The number of rotatable bonds is 9. The number of methoxy groups -OCH3 is 1. The SMILES string of the molecule is COc1ccccc1NC(=O)N(CCN1CCOCC1)CC(=O)N1N=C(c2ccccc2F)C[C@@H]1c1ccccc1F. The molecule has 1 fully saturated rings. The first-order valence-corrected chi connectivity index (χ1v) is 13.8. The number of halogens is 2. The second-order valence-electron chi connectivity index (χ2n) is 10.0. The fourth-order valence-electron chi connectivity index (χ4n) is 5.10. The van der Waals surface area contributed by atoms with Crippen LogP contribution in [0.25, 0.3) is 0 Å². The number of ether oxygens (including phenoxy) is 2. The highest BCUT2D eigenvalue weighted by atomic mass is 19.1. The molecule has 0 saturated carbocycles. The van der Waals surface area contributed by atoms with Crippen molar-refractivity contribution in [2.24, 2.45) is 5.10 Å². The number of hydrogen-bond donors (Lipinski definition) is 1. The van der Waals surface area contributed by atoms with E-state index >= 15 is 0 Å². The lowest BCUT2D eigenvalue weighted by Gasteiger charge is -2.31. The summed E-state index contributed by atoms with van der Waals surface area (Å²) in [6.07, 6.45) is 0.120. The van der Waals surface area contributed by atoms with Gasteiger partial charge in [0.15, 0.2) is 0 Å². The summed E-state index contributed by atoms with van der Waals surface area (Å²) in [7, 11) is 1.51. The second-order valence-corrected chi connectivity index (χ2v) is 10.0. The zero-order chi connectivity index (χ0) is 29.5. The standard InChI is InChI=1S/C31H33F2N5O4/c1-41-29-13-7-6-12-26(29)34-31(40)37(15-14-36-16-18-42-19-17-36)21-30(39)38-28(23-9-3-5-11-25(23)33)20-27(35-38)22-8-2-4-10-24(22)32/h2-13,28H,14-21H2,1H3,(H,34,40)/t28-/m1/s1. The maximum atomic E-state index is 15.0. The fraction of sp³-hybridized carbons (Fsp3) is 0.323. The van der Waals surface area contributed by atoms with Crippen LogP contribution < -0.4 is 10.1 Å². The molecule has 0 spiro atoms. The minimum absolute atomic E-state index is 0.120. The average Bonchev–Trinajstić information content (AvgIpc) is 3.45. The van der Waals surface area contributed by atoms with Crippen molar-refractivity contribution in [2.75, 3.05) is 58.4 Å². The van der Waals surface area contributed by atoms with Gasteiger partial charge in [0.2, 0.25) is 0 Å². The average molecular weight is 578 g/mol. The predicted molar refractivity (Wildman–Crippen MR) is 154 cm³/mol. The van der Waals surface area contributed by atoms with Gasteiger partial charge in [0, 0.05) is 43.7 Å². The van der Waals surface area contributed by atoms with E-state index in [4.69, 9.17) is 9.47 Å². The summed E-state index contributed by atoms with van der Waals surface area (Å²) in [5.41, 5.74) is 1.29. The molecule has 0 unspecified atom stereocenters. The largest absolute Gasteiger partial charge is 0.495 e. The van der Waals surface area contributed by atoms with Crippen molar-refractivity contribution >= 4 is 23.3 Å². The lowest BCUT2D eigenvalue weighted by Crippen LogP contribution is -2.47. The molecule has 11 heteroatoms. The molecular weight excluding hydrogens is 544 g/mol. The lowest BCUT2D eigenvalue weighted by molar-refractivity contribution is -0.133. The Hall–Kier alpha value is -4.35. The zero-order valence-corrected chi connectivity index (χ0v) is 23.3. The Morgan fingerprint density at radius 1 is 1.00 bits per heavy atom. The van der Waals surface area contributed by atoms with Crippen LogP contribution in [-0.4, -0.2) is 85.5 Å². The Morgan fingerprint density at radius 2 is 1.69 bits per heavy atom. The second kappa shape index (κ2) is 13.5. The Morgan fingerprint density at radius 3 is 2.43 bits per heavy atom. The van der Waals surface area contributed by atoms with E-state index in [-0.39, 0.29) is 30.6 Å². The number of nitrogens with zero attached hydrogens (tertiary/aromatic N) is 4. The molecule has 3 amide bonds. The smallest absolute Gasteiger partial charge is 0.322 e. The monoisotopic (exact) mass is 577 g/mol. The molecule has 5 rings (SSSR count). The first-order valence-electron chi connectivity index (χ1n) is 13.8. The summed E-state index contributed by atoms with van der Waals surface area (Å²) in [4.78, 5) is 31.0.